The average molecular weight is 522 g/mol. The van der Waals surface area contributed by atoms with Crippen LogP contribution in [0.15, 0.2) is 42.1 Å². The van der Waals surface area contributed by atoms with Crippen molar-refractivity contribution in [3.8, 4) is 11.5 Å². The van der Waals surface area contributed by atoms with Crippen LogP contribution in [0.5, 0.6) is 11.5 Å². The molecular weight excluding hydrogens is 499 g/mol. The molecule has 152 valence electrons. The van der Waals surface area contributed by atoms with Crippen LogP contribution in [0.25, 0.3) is 6.08 Å². The average Bonchev–Trinajstić information content (AvgIpc) is 2.87. The minimum absolute atomic E-state index is 0.120. The number of aryl methyl sites for hydroxylation is 1. The van der Waals surface area contributed by atoms with E-state index in [0.29, 0.717) is 35.5 Å². The molecule has 1 fully saturated rings. The Bertz CT molecular complexity index is 973. The van der Waals surface area contributed by atoms with Crippen molar-refractivity contribution in [3.05, 3.63) is 62.4 Å². The normalized spacial score (nSPS) is 15.4. The van der Waals surface area contributed by atoms with E-state index >= 15 is 0 Å². The molecule has 29 heavy (non-hydrogen) atoms. The van der Waals surface area contributed by atoms with Gasteiger partial charge in [-0.1, -0.05) is 29.8 Å². The first-order chi connectivity index (χ1) is 13.8. The summed E-state index contributed by atoms with van der Waals surface area (Å²) in [5.41, 5.74) is 3.69. The van der Waals surface area contributed by atoms with E-state index in [1.807, 2.05) is 25.1 Å². The maximum Gasteiger partial charge on any atom is 0.276 e. The first-order valence-electron chi connectivity index (χ1n) is 9.24. The van der Waals surface area contributed by atoms with Crippen molar-refractivity contribution >= 4 is 51.9 Å². The molecule has 7 heteroatoms. The summed E-state index contributed by atoms with van der Waals surface area (Å²) in [6.45, 7) is 4.97. The summed E-state index contributed by atoms with van der Waals surface area (Å²) >= 11 is 7.52. The van der Waals surface area contributed by atoms with Crippen molar-refractivity contribution in [1.29, 1.82) is 0 Å². The van der Waals surface area contributed by atoms with Crippen LogP contribution in [0.2, 0.25) is 0 Å². The maximum atomic E-state index is 12.4. The Balaban J connectivity index is 1.90. The zero-order valence-corrected chi connectivity index (χ0v) is 19.8. The molecule has 0 bridgehead atoms. The molecule has 1 amide bonds. The van der Waals surface area contributed by atoms with Crippen LogP contribution in [0.4, 0.5) is 0 Å². The number of halogens is 1. The van der Waals surface area contributed by atoms with Crippen LogP contribution in [0.1, 0.15) is 23.6 Å². The first-order valence-corrected chi connectivity index (χ1v) is 10.7. The number of hydrogen-bond donors (Lipinski definition) is 0. The molecule has 0 spiro atoms. The lowest BCUT2D eigenvalue weighted by Gasteiger charge is -2.15. The molecule has 1 saturated heterocycles. The van der Waals surface area contributed by atoms with Crippen LogP contribution in [-0.4, -0.2) is 41.5 Å². The SMILES string of the molecule is CCOc1cc(/C=C2/C(=O)N(C)C(=S)N2C)cc(I)c1OCc1ccc(C)cc1. The summed E-state index contributed by atoms with van der Waals surface area (Å²) in [4.78, 5) is 15.6. The highest BCUT2D eigenvalue weighted by atomic mass is 127. The molecule has 0 N–H and O–H groups in total. The van der Waals surface area contributed by atoms with Crippen molar-refractivity contribution in [2.75, 3.05) is 20.7 Å². The second kappa shape index (κ2) is 9.13. The first kappa shape index (κ1) is 21.6. The van der Waals surface area contributed by atoms with Gasteiger partial charge in [0, 0.05) is 14.1 Å². The quantitative estimate of drug-likeness (QED) is 0.315. The number of amides is 1. The standard InChI is InChI=1S/C22H23IN2O3S/c1-5-27-19-12-16(11-18-21(26)25(4)22(29)24(18)3)10-17(23)20(19)28-13-15-8-6-14(2)7-9-15/h6-12H,5,13H2,1-4H3/b18-11-. The van der Waals surface area contributed by atoms with Gasteiger partial charge in [-0.15, -0.1) is 0 Å². The van der Waals surface area contributed by atoms with Gasteiger partial charge in [-0.05, 0) is 78.0 Å². The van der Waals surface area contributed by atoms with Gasteiger partial charge in [-0.25, -0.2) is 0 Å². The van der Waals surface area contributed by atoms with E-state index in [1.54, 1.807) is 19.0 Å². The maximum absolute atomic E-state index is 12.4. The van der Waals surface area contributed by atoms with Gasteiger partial charge < -0.3 is 14.4 Å². The van der Waals surface area contributed by atoms with Gasteiger partial charge in [-0.3, -0.25) is 9.69 Å². The molecule has 0 radical (unpaired) electrons. The van der Waals surface area contributed by atoms with E-state index in [4.69, 9.17) is 21.7 Å². The molecule has 1 aliphatic rings. The fourth-order valence-corrected chi connectivity index (χ4v) is 3.92. The number of benzene rings is 2. The van der Waals surface area contributed by atoms with E-state index < -0.39 is 0 Å². The van der Waals surface area contributed by atoms with Gasteiger partial charge in [0.1, 0.15) is 12.3 Å². The predicted octanol–water partition coefficient (Wildman–Crippen LogP) is 4.61. The van der Waals surface area contributed by atoms with Crippen LogP contribution in [-0.2, 0) is 11.4 Å². The minimum atomic E-state index is -0.120. The van der Waals surface area contributed by atoms with Crippen molar-refractivity contribution in [1.82, 2.24) is 9.80 Å². The molecule has 2 aromatic rings. The number of nitrogens with zero attached hydrogens (tertiary/aromatic N) is 2. The highest BCUT2D eigenvalue weighted by Crippen LogP contribution is 2.36. The lowest BCUT2D eigenvalue weighted by atomic mass is 10.1. The summed E-state index contributed by atoms with van der Waals surface area (Å²) in [6, 6.07) is 12.1. The number of ether oxygens (including phenoxy) is 2. The third kappa shape index (κ3) is 4.72. The number of carbonyl (C=O) groups excluding carboxylic acids is 1. The van der Waals surface area contributed by atoms with Gasteiger partial charge in [0.25, 0.3) is 5.91 Å². The molecule has 0 aromatic heterocycles. The molecule has 1 aliphatic heterocycles. The third-order valence-corrected chi connectivity index (χ3v) is 5.95. The Kier molecular flexibility index (Phi) is 6.79. The summed E-state index contributed by atoms with van der Waals surface area (Å²) in [7, 11) is 3.47. The second-order valence-corrected chi connectivity index (χ2v) is 8.30. The van der Waals surface area contributed by atoms with Crippen molar-refractivity contribution in [3.63, 3.8) is 0 Å². The topological polar surface area (TPSA) is 42.0 Å². The fourth-order valence-electron chi connectivity index (χ4n) is 2.96. The summed E-state index contributed by atoms with van der Waals surface area (Å²) in [6.07, 6.45) is 1.83. The monoisotopic (exact) mass is 522 g/mol. The summed E-state index contributed by atoms with van der Waals surface area (Å²) in [5.74, 6) is 1.24. The second-order valence-electron chi connectivity index (χ2n) is 6.77. The number of hydrogen-bond acceptors (Lipinski definition) is 4. The summed E-state index contributed by atoms with van der Waals surface area (Å²) in [5, 5.41) is 0.485. The number of rotatable bonds is 6. The van der Waals surface area contributed by atoms with Gasteiger partial charge in [0.15, 0.2) is 16.6 Å². The summed E-state index contributed by atoms with van der Waals surface area (Å²) < 4.78 is 12.8. The Morgan fingerprint density at radius 3 is 2.38 bits per heavy atom. The molecule has 5 nitrogen and oxygen atoms in total. The molecule has 3 rings (SSSR count). The lowest BCUT2D eigenvalue weighted by molar-refractivity contribution is -0.121. The predicted molar refractivity (Wildman–Crippen MR) is 127 cm³/mol. The molecular formula is C22H23IN2O3S. The van der Waals surface area contributed by atoms with Crippen molar-refractivity contribution in [2.24, 2.45) is 0 Å². The molecule has 1 heterocycles. The van der Waals surface area contributed by atoms with Gasteiger partial charge in [-0.2, -0.15) is 0 Å². The van der Waals surface area contributed by atoms with Gasteiger partial charge in [0.2, 0.25) is 0 Å². The Hall–Kier alpha value is -2.13. The van der Waals surface area contributed by atoms with Crippen LogP contribution in [0, 0.1) is 10.5 Å². The fraction of sp³-hybridized carbons (Fsp3) is 0.273. The number of thiocarbonyl (C=S) groups is 1. The third-order valence-electron chi connectivity index (χ3n) is 4.60. The van der Waals surface area contributed by atoms with Crippen molar-refractivity contribution in [2.45, 2.75) is 20.5 Å². The Morgan fingerprint density at radius 1 is 1.10 bits per heavy atom. The molecule has 0 unspecified atom stereocenters. The van der Waals surface area contributed by atoms with Gasteiger partial charge >= 0.3 is 0 Å². The van der Waals surface area contributed by atoms with E-state index in [1.165, 1.54) is 10.5 Å². The number of carbonyl (C=O) groups is 1. The van der Waals surface area contributed by atoms with Crippen LogP contribution in [0.3, 0.4) is 0 Å². The van der Waals surface area contributed by atoms with E-state index in [0.717, 1.165) is 14.7 Å². The van der Waals surface area contributed by atoms with E-state index in [9.17, 15) is 4.79 Å². The molecule has 0 saturated carbocycles. The van der Waals surface area contributed by atoms with E-state index in [2.05, 4.69) is 53.8 Å². The highest BCUT2D eigenvalue weighted by Gasteiger charge is 2.32. The highest BCUT2D eigenvalue weighted by molar-refractivity contribution is 14.1. The smallest absolute Gasteiger partial charge is 0.276 e. The molecule has 0 aliphatic carbocycles. The lowest BCUT2D eigenvalue weighted by Crippen LogP contribution is -2.26. The zero-order valence-electron chi connectivity index (χ0n) is 16.9. The van der Waals surface area contributed by atoms with Crippen molar-refractivity contribution < 1.29 is 14.3 Å². The van der Waals surface area contributed by atoms with Crippen LogP contribution >= 0.6 is 34.8 Å². The van der Waals surface area contributed by atoms with Gasteiger partial charge in [0.05, 0.1) is 10.2 Å². The van der Waals surface area contributed by atoms with E-state index in [-0.39, 0.29) is 5.91 Å². The Morgan fingerprint density at radius 2 is 1.79 bits per heavy atom. The molecule has 0 atom stereocenters. The molecule has 2 aromatic carbocycles. The largest absolute Gasteiger partial charge is 0.490 e. The number of likely N-dealkylation sites (N-methyl/N-ethyl adjacent to an activating group) is 2. The Labute approximate surface area is 190 Å². The minimum Gasteiger partial charge on any atom is -0.490 e. The van der Waals surface area contributed by atoms with Crippen LogP contribution < -0.4 is 9.47 Å². The zero-order chi connectivity index (χ0) is 21.1.